The van der Waals surface area contributed by atoms with Crippen molar-refractivity contribution >= 4 is 0 Å². The second-order valence-corrected chi connectivity index (χ2v) is 4.86. The Hall–Kier alpha value is -1.88. The molecule has 0 bridgehead atoms. The maximum atomic E-state index is 9.70. The molecule has 2 aromatic rings. The third-order valence-electron chi connectivity index (χ3n) is 3.01. The lowest BCUT2D eigenvalue weighted by Crippen LogP contribution is -2.10. The highest BCUT2D eigenvalue weighted by Gasteiger charge is 2.21. The first-order chi connectivity index (χ1) is 9.02. The molecule has 19 heavy (non-hydrogen) atoms. The van der Waals surface area contributed by atoms with E-state index in [0.717, 1.165) is 5.56 Å². The third-order valence-corrected chi connectivity index (χ3v) is 3.01. The number of ether oxygens (including phenoxy) is 1. The molecule has 0 saturated carbocycles. The van der Waals surface area contributed by atoms with Crippen molar-refractivity contribution in [1.29, 1.82) is 0 Å². The first kappa shape index (κ1) is 13.5. The lowest BCUT2D eigenvalue weighted by molar-refractivity contribution is 0.0556. The summed E-state index contributed by atoms with van der Waals surface area (Å²) in [7, 11) is 1.62. The number of nitrogens with zero attached hydrogens (tertiary/aromatic N) is 2. The second-order valence-electron chi connectivity index (χ2n) is 4.86. The SMILES string of the molecule is COC(c1noc(-c2ccc(C)c(O)c2)n1)C(C)C. The second kappa shape index (κ2) is 5.40. The largest absolute Gasteiger partial charge is 0.508 e. The Kier molecular flexibility index (Phi) is 3.85. The zero-order chi connectivity index (χ0) is 14.0. The van der Waals surface area contributed by atoms with Gasteiger partial charge >= 0.3 is 0 Å². The van der Waals surface area contributed by atoms with Gasteiger partial charge in [-0.3, -0.25) is 0 Å². The molecular weight excluding hydrogens is 244 g/mol. The molecule has 1 heterocycles. The number of hydrogen-bond donors (Lipinski definition) is 1. The molecule has 0 radical (unpaired) electrons. The average molecular weight is 262 g/mol. The first-order valence-corrected chi connectivity index (χ1v) is 6.19. The van der Waals surface area contributed by atoms with E-state index >= 15 is 0 Å². The van der Waals surface area contributed by atoms with Crippen LogP contribution in [0.3, 0.4) is 0 Å². The number of aromatic nitrogens is 2. The van der Waals surface area contributed by atoms with E-state index in [1.54, 1.807) is 13.2 Å². The van der Waals surface area contributed by atoms with Gasteiger partial charge in [-0.05, 0) is 30.5 Å². The van der Waals surface area contributed by atoms with Crippen LogP contribution in [0.25, 0.3) is 11.5 Å². The van der Waals surface area contributed by atoms with Gasteiger partial charge in [-0.2, -0.15) is 4.98 Å². The molecule has 0 spiro atoms. The summed E-state index contributed by atoms with van der Waals surface area (Å²) >= 11 is 0. The fourth-order valence-corrected chi connectivity index (χ4v) is 1.89. The van der Waals surface area contributed by atoms with E-state index in [4.69, 9.17) is 9.26 Å². The predicted molar refractivity (Wildman–Crippen MR) is 70.7 cm³/mol. The average Bonchev–Trinajstić information content (AvgIpc) is 2.82. The van der Waals surface area contributed by atoms with E-state index < -0.39 is 0 Å². The Morgan fingerprint density at radius 1 is 1.32 bits per heavy atom. The molecule has 0 amide bonds. The highest BCUT2D eigenvalue weighted by molar-refractivity contribution is 5.57. The van der Waals surface area contributed by atoms with Crippen molar-refractivity contribution in [3.05, 3.63) is 29.6 Å². The van der Waals surface area contributed by atoms with E-state index in [1.807, 2.05) is 32.9 Å². The van der Waals surface area contributed by atoms with Gasteiger partial charge in [-0.1, -0.05) is 25.1 Å². The number of hydrogen-bond acceptors (Lipinski definition) is 5. The van der Waals surface area contributed by atoms with Gasteiger partial charge in [0.25, 0.3) is 5.89 Å². The van der Waals surface area contributed by atoms with E-state index in [0.29, 0.717) is 17.3 Å². The number of benzene rings is 1. The zero-order valence-corrected chi connectivity index (χ0v) is 11.5. The lowest BCUT2D eigenvalue weighted by Gasteiger charge is -2.14. The van der Waals surface area contributed by atoms with Crippen molar-refractivity contribution < 1.29 is 14.4 Å². The molecule has 0 fully saturated rings. The first-order valence-electron chi connectivity index (χ1n) is 6.19. The number of rotatable bonds is 4. The summed E-state index contributed by atoms with van der Waals surface area (Å²) in [6.45, 7) is 5.89. The molecule has 102 valence electrons. The van der Waals surface area contributed by atoms with E-state index in [9.17, 15) is 5.11 Å². The molecule has 2 rings (SSSR count). The Morgan fingerprint density at radius 2 is 2.05 bits per heavy atom. The molecule has 0 aliphatic rings. The topological polar surface area (TPSA) is 68.4 Å². The van der Waals surface area contributed by atoms with Gasteiger partial charge in [0.2, 0.25) is 5.82 Å². The minimum Gasteiger partial charge on any atom is -0.508 e. The van der Waals surface area contributed by atoms with Crippen LogP contribution in [0.15, 0.2) is 22.7 Å². The molecule has 1 unspecified atom stereocenters. The molecule has 1 atom stereocenters. The molecule has 1 N–H and O–H groups in total. The standard InChI is InChI=1S/C14H18N2O3/c1-8(2)12(18-4)13-15-14(19-16-13)10-6-5-9(3)11(17)7-10/h5-8,12,17H,1-4H3. The summed E-state index contributed by atoms with van der Waals surface area (Å²) < 4.78 is 10.6. The Balaban J connectivity index is 2.32. The highest BCUT2D eigenvalue weighted by atomic mass is 16.5. The molecule has 5 heteroatoms. The molecule has 0 aliphatic carbocycles. The van der Waals surface area contributed by atoms with E-state index in [2.05, 4.69) is 10.1 Å². The molecule has 0 aliphatic heterocycles. The fourth-order valence-electron chi connectivity index (χ4n) is 1.89. The number of aromatic hydroxyl groups is 1. The minimum atomic E-state index is -0.198. The quantitative estimate of drug-likeness (QED) is 0.917. The molecule has 1 aromatic carbocycles. The van der Waals surface area contributed by atoms with Crippen molar-refractivity contribution in [2.24, 2.45) is 5.92 Å². The third kappa shape index (κ3) is 2.76. The summed E-state index contributed by atoms with van der Waals surface area (Å²) in [6, 6.07) is 5.26. The minimum absolute atomic E-state index is 0.198. The highest BCUT2D eigenvalue weighted by Crippen LogP contribution is 2.28. The number of aryl methyl sites for hydroxylation is 1. The lowest BCUT2D eigenvalue weighted by atomic mass is 10.1. The summed E-state index contributed by atoms with van der Waals surface area (Å²) in [6.07, 6.45) is -0.198. The van der Waals surface area contributed by atoms with Crippen LogP contribution in [0.5, 0.6) is 5.75 Å². The van der Waals surface area contributed by atoms with Crippen LogP contribution < -0.4 is 0 Å². The van der Waals surface area contributed by atoms with Crippen LogP contribution in [0.2, 0.25) is 0 Å². The summed E-state index contributed by atoms with van der Waals surface area (Å²) in [4.78, 5) is 4.33. The van der Waals surface area contributed by atoms with Crippen molar-refractivity contribution in [1.82, 2.24) is 10.1 Å². The summed E-state index contributed by atoms with van der Waals surface area (Å²) in [5.41, 5.74) is 1.50. The van der Waals surface area contributed by atoms with Crippen LogP contribution in [-0.2, 0) is 4.74 Å². The van der Waals surface area contributed by atoms with Crippen LogP contribution in [0.1, 0.15) is 31.3 Å². The van der Waals surface area contributed by atoms with Gasteiger partial charge in [0, 0.05) is 12.7 Å². The summed E-state index contributed by atoms with van der Waals surface area (Å²) in [5, 5.41) is 13.6. The van der Waals surface area contributed by atoms with Crippen molar-refractivity contribution in [3.8, 4) is 17.2 Å². The predicted octanol–water partition coefficient (Wildman–Crippen LogP) is 3.09. The molecule has 1 aromatic heterocycles. The number of phenols is 1. The Bertz CT molecular complexity index is 564. The van der Waals surface area contributed by atoms with Crippen LogP contribution in [0.4, 0.5) is 0 Å². The fraction of sp³-hybridized carbons (Fsp3) is 0.429. The maximum Gasteiger partial charge on any atom is 0.258 e. The number of methoxy groups -OCH3 is 1. The van der Waals surface area contributed by atoms with E-state index in [1.165, 1.54) is 0 Å². The van der Waals surface area contributed by atoms with Gasteiger partial charge in [0.05, 0.1) is 0 Å². The smallest absolute Gasteiger partial charge is 0.258 e. The van der Waals surface area contributed by atoms with Crippen LogP contribution in [-0.4, -0.2) is 22.4 Å². The van der Waals surface area contributed by atoms with Gasteiger partial charge in [-0.25, -0.2) is 0 Å². The van der Waals surface area contributed by atoms with Crippen molar-refractivity contribution in [3.63, 3.8) is 0 Å². The molecule has 5 nitrogen and oxygen atoms in total. The van der Waals surface area contributed by atoms with Gasteiger partial charge in [-0.15, -0.1) is 0 Å². The van der Waals surface area contributed by atoms with Gasteiger partial charge in [0.1, 0.15) is 11.9 Å². The Labute approximate surface area is 112 Å². The summed E-state index contributed by atoms with van der Waals surface area (Å²) in [5.74, 6) is 1.37. The van der Waals surface area contributed by atoms with Crippen molar-refractivity contribution in [2.75, 3.05) is 7.11 Å². The monoisotopic (exact) mass is 262 g/mol. The number of phenolic OH excluding ortho intramolecular Hbond substituents is 1. The zero-order valence-electron chi connectivity index (χ0n) is 11.5. The molecule has 0 saturated heterocycles. The van der Waals surface area contributed by atoms with Gasteiger partial charge in [0.15, 0.2) is 0 Å². The maximum absolute atomic E-state index is 9.70. The normalized spacial score (nSPS) is 12.9. The molecular formula is C14H18N2O3. The Morgan fingerprint density at radius 3 is 2.63 bits per heavy atom. The van der Waals surface area contributed by atoms with Crippen molar-refractivity contribution in [2.45, 2.75) is 26.9 Å². The van der Waals surface area contributed by atoms with Gasteiger partial charge < -0.3 is 14.4 Å². The van der Waals surface area contributed by atoms with E-state index in [-0.39, 0.29) is 17.8 Å². The van der Waals surface area contributed by atoms with Crippen LogP contribution >= 0.6 is 0 Å². The van der Waals surface area contributed by atoms with Crippen LogP contribution in [0, 0.1) is 12.8 Å².